The summed E-state index contributed by atoms with van der Waals surface area (Å²) in [5.41, 5.74) is -0.657. The van der Waals surface area contributed by atoms with Gasteiger partial charge in [-0.25, -0.2) is 0 Å². The zero-order valence-corrected chi connectivity index (χ0v) is 39.8. The van der Waals surface area contributed by atoms with Crippen molar-refractivity contribution in [1.29, 1.82) is 0 Å². The Hall–Kier alpha value is -2.77. The van der Waals surface area contributed by atoms with Crippen LogP contribution in [0.15, 0.2) is 0 Å². The van der Waals surface area contributed by atoms with Crippen molar-refractivity contribution in [3.63, 3.8) is 0 Å². The van der Waals surface area contributed by atoms with E-state index in [2.05, 4.69) is 18.7 Å². The number of carbonyl (C=O) groups excluding carboxylic acids is 5. The fourth-order valence-electron chi connectivity index (χ4n) is 13.4. The molecule has 13 heteroatoms. The van der Waals surface area contributed by atoms with Crippen molar-refractivity contribution in [2.75, 3.05) is 52.7 Å². The lowest BCUT2D eigenvalue weighted by atomic mass is 9.50. The van der Waals surface area contributed by atoms with E-state index in [0.717, 1.165) is 77.3 Å². The summed E-state index contributed by atoms with van der Waals surface area (Å²) in [7, 11) is 0. The Morgan fingerprint density at radius 2 is 1.38 bits per heavy atom. The Labute approximate surface area is 377 Å². The summed E-state index contributed by atoms with van der Waals surface area (Å²) in [6.45, 7) is 18.7. The highest BCUT2D eigenvalue weighted by Crippen LogP contribution is 2.60. The number of hydrogen-bond donors (Lipinski definition) is 1. The molecular weight excluding hydrogens is 807 g/mol. The van der Waals surface area contributed by atoms with E-state index >= 15 is 4.79 Å². The lowest BCUT2D eigenvalue weighted by molar-refractivity contribution is -0.212. The Kier molecular flexibility index (Phi) is 17.5. The first-order valence-corrected chi connectivity index (χ1v) is 24.9. The van der Waals surface area contributed by atoms with E-state index in [-0.39, 0.29) is 56.7 Å². The molecule has 0 radical (unpaired) electrons. The first-order valence-electron chi connectivity index (χ1n) is 24.9. The molecule has 6 bridgehead atoms. The van der Waals surface area contributed by atoms with Crippen molar-refractivity contribution in [2.45, 2.75) is 150 Å². The van der Waals surface area contributed by atoms with E-state index in [4.69, 9.17) is 28.4 Å². The third-order valence-corrected chi connectivity index (χ3v) is 16.8. The van der Waals surface area contributed by atoms with Gasteiger partial charge in [-0.2, -0.15) is 0 Å². The van der Waals surface area contributed by atoms with E-state index in [0.29, 0.717) is 36.8 Å². The van der Waals surface area contributed by atoms with Crippen LogP contribution >= 0.6 is 0 Å². The van der Waals surface area contributed by atoms with Crippen LogP contribution in [-0.4, -0.2) is 110 Å². The van der Waals surface area contributed by atoms with Crippen LogP contribution in [0.5, 0.6) is 0 Å². The smallest absolute Gasteiger partial charge is 0.310 e. The van der Waals surface area contributed by atoms with Crippen molar-refractivity contribution in [3.8, 4) is 0 Å². The van der Waals surface area contributed by atoms with Crippen LogP contribution in [0.1, 0.15) is 132 Å². The van der Waals surface area contributed by atoms with Gasteiger partial charge >= 0.3 is 29.8 Å². The number of esters is 5. The van der Waals surface area contributed by atoms with Gasteiger partial charge in [0, 0.05) is 19.7 Å². The Morgan fingerprint density at radius 1 is 0.730 bits per heavy atom. The maximum Gasteiger partial charge on any atom is 0.310 e. The Morgan fingerprint density at radius 3 is 1.95 bits per heavy atom. The van der Waals surface area contributed by atoms with E-state index in [9.17, 15) is 24.3 Å². The minimum Gasteiger partial charge on any atom is -0.463 e. The van der Waals surface area contributed by atoms with Gasteiger partial charge in [-0.15, -0.1) is 0 Å². The molecule has 0 amide bonds. The molecule has 1 heterocycles. The van der Waals surface area contributed by atoms with Crippen molar-refractivity contribution < 1.29 is 57.5 Å². The predicted octanol–water partition coefficient (Wildman–Crippen LogP) is 7.04. The summed E-state index contributed by atoms with van der Waals surface area (Å²) in [4.78, 5) is 72.3. The molecule has 13 nitrogen and oxygen atoms in total. The molecule has 7 aliphatic rings. The summed E-state index contributed by atoms with van der Waals surface area (Å²) in [6.07, 6.45) is 10.3. The highest BCUT2D eigenvalue weighted by Gasteiger charge is 2.59. The lowest BCUT2D eigenvalue weighted by Gasteiger charge is -2.59. The van der Waals surface area contributed by atoms with Gasteiger partial charge in [0.2, 0.25) is 0 Å². The van der Waals surface area contributed by atoms with Crippen molar-refractivity contribution in [1.82, 2.24) is 4.90 Å². The highest BCUT2D eigenvalue weighted by molar-refractivity contribution is 5.81. The van der Waals surface area contributed by atoms with Gasteiger partial charge in [0.05, 0.1) is 43.3 Å². The number of ether oxygens (including phenoxy) is 6. The van der Waals surface area contributed by atoms with Crippen LogP contribution in [0, 0.1) is 82.9 Å². The summed E-state index contributed by atoms with van der Waals surface area (Å²) < 4.78 is 35.9. The van der Waals surface area contributed by atoms with Crippen molar-refractivity contribution >= 4 is 29.8 Å². The first kappa shape index (κ1) is 49.7. The highest BCUT2D eigenvalue weighted by atomic mass is 16.6. The van der Waals surface area contributed by atoms with Crippen molar-refractivity contribution in [2.24, 2.45) is 82.9 Å². The largest absolute Gasteiger partial charge is 0.463 e. The van der Waals surface area contributed by atoms with Crippen LogP contribution < -0.4 is 0 Å². The number of nitrogens with zero attached hydrogens (tertiary/aromatic N) is 1. The normalized spacial score (nSPS) is 32.8. The summed E-state index contributed by atoms with van der Waals surface area (Å²) in [6, 6.07) is 0. The quantitative estimate of drug-likeness (QED) is 0.0565. The minimum absolute atomic E-state index is 0.00741. The fraction of sp³-hybridized carbons (Fsp3) is 0.900. The molecule has 0 aromatic heterocycles. The molecule has 0 spiro atoms. The SMILES string of the molecule is CCCN(CCO)CCCOCCOC(=O)C(C)C(C)C(C(=O)OC1CC2CCC1C2)C(C)C(C(=O)OC1(C)C2CC3CC(C2)CC1C3)C(C)C(C(=O)OC1COC(=O)C1)C(C)C. The van der Waals surface area contributed by atoms with E-state index in [1.807, 2.05) is 34.6 Å². The number of fused-ring (bicyclic) bond motifs is 2. The van der Waals surface area contributed by atoms with Gasteiger partial charge in [-0.05, 0) is 143 Å². The van der Waals surface area contributed by atoms with Crippen LogP contribution in [0.2, 0.25) is 0 Å². The van der Waals surface area contributed by atoms with Gasteiger partial charge in [0.15, 0.2) is 0 Å². The maximum atomic E-state index is 15.3. The molecule has 0 aromatic rings. The number of aliphatic hydroxyl groups is 1. The molecule has 0 aromatic carbocycles. The maximum absolute atomic E-state index is 15.3. The topological polar surface area (TPSA) is 164 Å². The van der Waals surface area contributed by atoms with Gasteiger partial charge in [-0.1, -0.05) is 48.5 Å². The molecule has 7 rings (SSSR count). The number of rotatable bonds is 25. The van der Waals surface area contributed by atoms with E-state index in [1.165, 1.54) is 6.42 Å². The Balaban J connectivity index is 1.22. The summed E-state index contributed by atoms with van der Waals surface area (Å²) >= 11 is 0. The van der Waals surface area contributed by atoms with Crippen molar-refractivity contribution in [3.05, 3.63) is 0 Å². The van der Waals surface area contributed by atoms with Crippen LogP contribution in [-0.2, 0) is 52.4 Å². The second-order valence-corrected chi connectivity index (χ2v) is 21.4. The minimum atomic E-state index is -0.928. The fourth-order valence-corrected chi connectivity index (χ4v) is 13.4. The third kappa shape index (κ3) is 11.8. The molecule has 358 valence electrons. The van der Waals surface area contributed by atoms with E-state index < -0.39 is 83.0 Å². The molecule has 1 N–H and O–H groups in total. The van der Waals surface area contributed by atoms with Crippen LogP contribution in [0.3, 0.4) is 0 Å². The number of aliphatic hydroxyl groups excluding tert-OH is 1. The molecular formula is C50H81NO12. The molecule has 7 fully saturated rings. The summed E-state index contributed by atoms with van der Waals surface area (Å²) in [5.74, 6) is -5.07. The van der Waals surface area contributed by atoms with Gasteiger partial charge in [0.1, 0.15) is 31.0 Å². The molecule has 11 atom stereocenters. The molecule has 1 aliphatic heterocycles. The number of cyclic esters (lactones) is 1. The number of carbonyl (C=O) groups is 5. The zero-order chi connectivity index (χ0) is 45.6. The Bertz CT molecular complexity index is 1530. The second kappa shape index (κ2) is 22.1. The average Bonchev–Trinajstić information content (AvgIpc) is 3.96. The van der Waals surface area contributed by atoms with Gasteiger partial charge in [0.25, 0.3) is 0 Å². The molecule has 63 heavy (non-hydrogen) atoms. The zero-order valence-electron chi connectivity index (χ0n) is 39.8. The lowest BCUT2D eigenvalue weighted by Crippen LogP contribution is -2.59. The van der Waals surface area contributed by atoms with E-state index in [1.54, 1.807) is 6.92 Å². The standard InChI is InChI=1S/C50H81NO12/c1-9-13-51(15-16-52)14-10-17-58-18-19-59-46(54)31(5)30(4)44(48(56)62-41-26-34-11-12-37(41)21-34)33(7)45(32(6)43(29(2)3)47(55)61-40-27-42(53)60-28-40)49(57)63-50(8)38-22-35-20-36(24-38)25-39(50)23-35/h29-41,43-45,52H,9-28H2,1-8H3. The average molecular weight is 888 g/mol. The van der Waals surface area contributed by atoms with Crippen LogP contribution in [0.4, 0.5) is 0 Å². The molecule has 11 unspecified atom stereocenters. The predicted molar refractivity (Wildman–Crippen MR) is 235 cm³/mol. The first-order chi connectivity index (χ1) is 30.0. The molecule has 6 aliphatic carbocycles. The molecule has 6 saturated carbocycles. The van der Waals surface area contributed by atoms with Crippen LogP contribution in [0.25, 0.3) is 0 Å². The third-order valence-electron chi connectivity index (χ3n) is 16.8. The molecule has 1 saturated heterocycles. The second-order valence-electron chi connectivity index (χ2n) is 21.4. The monoisotopic (exact) mass is 888 g/mol. The van der Waals surface area contributed by atoms with Gasteiger partial charge in [-0.3, -0.25) is 24.0 Å². The number of hydrogen-bond acceptors (Lipinski definition) is 13. The summed E-state index contributed by atoms with van der Waals surface area (Å²) in [5, 5.41) is 9.35. The van der Waals surface area contributed by atoms with Gasteiger partial charge < -0.3 is 38.4 Å².